The van der Waals surface area contributed by atoms with Crippen LogP contribution >= 0.6 is 0 Å². The second kappa shape index (κ2) is 12.9. The van der Waals surface area contributed by atoms with Gasteiger partial charge in [0.25, 0.3) is 0 Å². The standard InChI is InChI=1S/C56H52N2/c1-34(2)36-16-15-35(3)54(31-36)57(43-13-11-10-12-14-43)44-21-17-37-27-46-48(29-39(37)25-44)47-28-38-18-22-45(26-40(38)30-49(46)47)58-52-23-19-41(55(4,5)6)32-50(52)51-33-42(56(7,8)9)20-24-53(51)58/h10-34H,1-9H3. The molecular weight excluding hydrogens is 701 g/mol. The van der Waals surface area contributed by atoms with Crippen molar-refractivity contribution >= 4 is 60.4 Å². The van der Waals surface area contributed by atoms with Crippen LogP contribution in [0.25, 0.3) is 71.3 Å². The van der Waals surface area contributed by atoms with Gasteiger partial charge in [0.1, 0.15) is 0 Å². The average Bonchev–Trinajstić information content (AvgIpc) is 3.53. The van der Waals surface area contributed by atoms with Gasteiger partial charge < -0.3 is 9.47 Å². The fourth-order valence-corrected chi connectivity index (χ4v) is 9.14. The van der Waals surface area contributed by atoms with E-state index >= 15 is 0 Å². The molecule has 0 radical (unpaired) electrons. The zero-order valence-corrected chi connectivity index (χ0v) is 35.3. The van der Waals surface area contributed by atoms with Crippen LogP contribution < -0.4 is 4.90 Å². The molecule has 0 aliphatic heterocycles. The largest absolute Gasteiger partial charge is 0.310 e. The van der Waals surface area contributed by atoms with Crippen LogP contribution in [0, 0.1) is 6.92 Å². The lowest BCUT2D eigenvalue weighted by molar-refractivity contribution is 0.590. The summed E-state index contributed by atoms with van der Waals surface area (Å²) in [5.41, 5.74) is 18.1. The van der Waals surface area contributed by atoms with Gasteiger partial charge in [0.15, 0.2) is 0 Å². The molecule has 0 amide bonds. The van der Waals surface area contributed by atoms with Crippen molar-refractivity contribution in [3.05, 3.63) is 168 Å². The van der Waals surface area contributed by atoms with Crippen LogP contribution in [0.1, 0.15) is 83.6 Å². The molecule has 1 aliphatic rings. The smallest absolute Gasteiger partial charge is 0.0541 e. The van der Waals surface area contributed by atoms with Gasteiger partial charge in [-0.3, -0.25) is 0 Å². The maximum atomic E-state index is 2.47. The maximum Gasteiger partial charge on any atom is 0.0541 e. The first-order valence-electron chi connectivity index (χ1n) is 20.9. The number of para-hydroxylation sites is 1. The second-order valence-electron chi connectivity index (χ2n) is 19.0. The van der Waals surface area contributed by atoms with Gasteiger partial charge in [-0.1, -0.05) is 110 Å². The summed E-state index contributed by atoms with van der Waals surface area (Å²) in [6, 6.07) is 55.5. The molecule has 2 heteroatoms. The quantitative estimate of drug-likeness (QED) is 0.170. The van der Waals surface area contributed by atoms with E-state index in [4.69, 9.17) is 0 Å². The SMILES string of the molecule is Cc1ccc(C(C)C)cc1N(c1ccccc1)c1ccc2cc3c(cc2c1)-c1cc2ccc(-n4c5ccc(C(C)(C)C)cc5c5cc(C(C)(C)C)ccc54)cc2cc1-3. The van der Waals surface area contributed by atoms with Crippen LogP contribution in [-0.4, -0.2) is 4.57 Å². The summed E-state index contributed by atoms with van der Waals surface area (Å²) in [6.45, 7) is 20.6. The van der Waals surface area contributed by atoms with Crippen LogP contribution in [0.5, 0.6) is 0 Å². The average molecular weight is 753 g/mol. The van der Waals surface area contributed by atoms with Crippen molar-refractivity contribution < 1.29 is 0 Å². The van der Waals surface area contributed by atoms with Gasteiger partial charge in [0.2, 0.25) is 0 Å². The molecule has 0 fully saturated rings. The molecule has 0 saturated heterocycles. The molecular formula is C56H52N2. The first kappa shape index (κ1) is 36.2. The molecule has 0 atom stereocenters. The number of anilines is 3. The van der Waals surface area contributed by atoms with Gasteiger partial charge in [-0.2, -0.15) is 0 Å². The lowest BCUT2D eigenvalue weighted by Gasteiger charge is -2.29. The minimum atomic E-state index is 0.0699. The molecule has 286 valence electrons. The van der Waals surface area contributed by atoms with Crippen LogP contribution in [0.4, 0.5) is 17.1 Å². The number of benzene rings is 8. The predicted octanol–water partition coefficient (Wildman–Crippen LogP) is 16.2. The number of fused-ring (bicyclic) bond motifs is 9. The number of nitrogens with zero attached hydrogens (tertiary/aromatic N) is 2. The fourth-order valence-electron chi connectivity index (χ4n) is 9.14. The summed E-state index contributed by atoms with van der Waals surface area (Å²) in [5, 5.41) is 7.69. The Kier molecular flexibility index (Phi) is 8.09. The van der Waals surface area contributed by atoms with Crippen molar-refractivity contribution in [1.29, 1.82) is 0 Å². The minimum absolute atomic E-state index is 0.0699. The van der Waals surface area contributed by atoms with Crippen LogP contribution in [0.2, 0.25) is 0 Å². The molecule has 1 aromatic heterocycles. The number of aryl methyl sites for hydroxylation is 1. The van der Waals surface area contributed by atoms with Gasteiger partial charge in [-0.15, -0.1) is 0 Å². The highest BCUT2D eigenvalue weighted by atomic mass is 15.1. The monoisotopic (exact) mass is 752 g/mol. The Labute approximate surface area is 343 Å². The van der Waals surface area contributed by atoms with Gasteiger partial charge in [0.05, 0.1) is 11.0 Å². The Bertz CT molecular complexity index is 3040. The van der Waals surface area contributed by atoms with Crippen molar-refractivity contribution in [1.82, 2.24) is 4.57 Å². The third-order valence-corrected chi connectivity index (χ3v) is 12.7. The van der Waals surface area contributed by atoms with E-state index in [2.05, 4.69) is 217 Å². The highest BCUT2D eigenvalue weighted by Crippen LogP contribution is 2.51. The van der Waals surface area contributed by atoms with E-state index in [1.54, 1.807) is 0 Å². The fraction of sp³-hybridized carbons (Fsp3) is 0.214. The lowest BCUT2D eigenvalue weighted by atomic mass is 9.78. The van der Waals surface area contributed by atoms with Crippen molar-refractivity contribution in [2.45, 2.75) is 79.1 Å². The van der Waals surface area contributed by atoms with Crippen LogP contribution in [-0.2, 0) is 10.8 Å². The van der Waals surface area contributed by atoms with E-state index in [-0.39, 0.29) is 10.8 Å². The summed E-state index contributed by atoms with van der Waals surface area (Å²) in [6.07, 6.45) is 0. The molecule has 58 heavy (non-hydrogen) atoms. The first-order chi connectivity index (χ1) is 27.7. The van der Waals surface area contributed by atoms with E-state index in [9.17, 15) is 0 Å². The summed E-state index contributed by atoms with van der Waals surface area (Å²) >= 11 is 0. The van der Waals surface area contributed by atoms with E-state index < -0.39 is 0 Å². The van der Waals surface area contributed by atoms with Gasteiger partial charge in [0, 0.05) is 33.5 Å². The van der Waals surface area contributed by atoms with Gasteiger partial charge in [-0.25, -0.2) is 0 Å². The first-order valence-corrected chi connectivity index (χ1v) is 20.9. The third kappa shape index (κ3) is 5.84. The molecule has 0 saturated carbocycles. The van der Waals surface area contributed by atoms with Crippen LogP contribution in [0.15, 0.2) is 146 Å². The summed E-state index contributed by atoms with van der Waals surface area (Å²) in [4.78, 5) is 2.42. The van der Waals surface area contributed by atoms with Gasteiger partial charge in [-0.05, 0) is 181 Å². The maximum absolute atomic E-state index is 2.47. The summed E-state index contributed by atoms with van der Waals surface area (Å²) in [5.74, 6) is 0.452. The number of rotatable bonds is 5. The van der Waals surface area contributed by atoms with E-state index in [1.165, 1.54) is 105 Å². The number of hydrogen-bond acceptors (Lipinski definition) is 1. The molecule has 0 N–H and O–H groups in total. The van der Waals surface area contributed by atoms with Crippen molar-refractivity contribution in [2.24, 2.45) is 0 Å². The molecule has 10 rings (SSSR count). The third-order valence-electron chi connectivity index (χ3n) is 12.7. The van der Waals surface area contributed by atoms with Crippen molar-refractivity contribution in [2.75, 3.05) is 4.90 Å². The lowest BCUT2D eigenvalue weighted by Crippen LogP contribution is -2.12. The Morgan fingerprint density at radius 1 is 0.466 bits per heavy atom. The number of hydrogen-bond donors (Lipinski definition) is 0. The molecule has 2 nitrogen and oxygen atoms in total. The van der Waals surface area contributed by atoms with E-state index in [0.29, 0.717) is 5.92 Å². The second-order valence-corrected chi connectivity index (χ2v) is 19.0. The highest BCUT2D eigenvalue weighted by molar-refractivity contribution is 6.13. The van der Waals surface area contributed by atoms with Gasteiger partial charge >= 0.3 is 0 Å². The molecule has 8 aromatic carbocycles. The topological polar surface area (TPSA) is 8.17 Å². The number of aromatic nitrogens is 1. The summed E-state index contributed by atoms with van der Waals surface area (Å²) < 4.78 is 2.47. The highest BCUT2D eigenvalue weighted by Gasteiger charge is 2.26. The Morgan fingerprint density at radius 3 is 1.55 bits per heavy atom. The Balaban J connectivity index is 1.07. The van der Waals surface area contributed by atoms with Crippen LogP contribution in [0.3, 0.4) is 0 Å². The molecule has 1 heterocycles. The van der Waals surface area contributed by atoms with Crippen molar-refractivity contribution in [3.8, 4) is 27.9 Å². The molecule has 0 spiro atoms. The minimum Gasteiger partial charge on any atom is -0.310 e. The van der Waals surface area contributed by atoms with E-state index in [1.807, 2.05) is 0 Å². The zero-order valence-electron chi connectivity index (χ0n) is 35.3. The van der Waals surface area contributed by atoms with E-state index in [0.717, 1.165) is 5.69 Å². The summed E-state index contributed by atoms with van der Waals surface area (Å²) in [7, 11) is 0. The molecule has 1 aliphatic carbocycles. The zero-order chi connectivity index (χ0) is 40.2. The van der Waals surface area contributed by atoms with Crippen molar-refractivity contribution in [3.63, 3.8) is 0 Å². The normalized spacial score (nSPS) is 12.7. The predicted molar refractivity (Wildman–Crippen MR) is 251 cm³/mol. The molecule has 0 unspecified atom stereocenters. The molecule has 0 bridgehead atoms. The Morgan fingerprint density at radius 2 is 1.00 bits per heavy atom. The Hall–Kier alpha value is -6.12. The molecule has 9 aromatic rings.